The summed E-state index contributed by atoms with van der Waals surface area (Å²) < 4.78 is 8.63. The Bertz CT molecular complexity index is 1460. The zero-order valence-electron chi connectivity index (χ0n) is 19.6. The maximum absolute atomic E-state index is 13.5. The molecule has 1 amide bonds. The Balaban J connectivity index is 1.48. The van der Waals surface area contributed by atoms with Crippen LogP contribution < -0.4 is 15.6 Å². The van der Waals surface area contributed by atoms with Crippen molar-refractivity contribution in [3.05, 3.63) is 92.5 Å². The van der Waals surface area contributed by atoms with Gasteiger partial charge in [-0.25, -0.2) is 0 Å². The van der Waals surface area contributed by atoms with Gasteiger partial charge in [-0.1, -0.05) is 35.9 Å². The topological polar surface area (TPSA) is 80.9 Å². The highest BCUT2D eigenvalue weighted by molar-refractivity contribution is 6.34. The summed E-state index contributed by atoms with van der Waals surface area (Å²) in [5.74, 6) is 0.464. The number of nitrogens with one attached hydrogen (secondary N) is 1. The maximum atomic E-state index is 13.5. The van der Waals surface area contributed by atoms with E-state index in [9.17, 15) is 9.59 Å². The summed E-state index contributed by atoms with van der Waals surface area (Å²) in [6.07, 6.45) is 2.16. The predicted molar refractivity (Wildman–Crippen MR) is 135 cm³/mol. The Labute approximate surface area is 207 Å². The van der Waals surface area contributed by atoms with Crippen molar-refractivity contribution in [2.45, 2.75) is 33.0 Å². The summed E-state index contributed by atoms with van der Waals surface area (Å²) in [6.45, 7) is 4.69. The smallest absolute Gasteiger partial charge is 0.279 e. The van der Waals surface area contributed by atoms with Gasteiger partial charge in [0, 0.05) is 38.3 Å². The highest BCUT2D eigenvalue weighted by Gasteiger charge is 2.27. The number of ether oxygens (including phenoxy) is 1. The molecule has 0 saturated heterocycles. The van der Waals surface area contributed by atoms with Crippen LogP contribution >= 0.6 is 11.6 Å². The van der Waals surface area contributed by atoms with Crippen LogP contribution in [0.15, 0.2) is 59.5 Å². The van der Waals surface area contributed by atoms with Crippen LogP contribution in [0.4, 0.5) is 5.69 Å². The van der Waals surface area contributed by atoms with E-state index in [0.717, 1.165) is 35.7 Å². The third-order valence-corrected chi connectivity index (χ3v) is 6.75. The monoisotopic (exact) mass is 491 g/mol. The Morgan fingerprint density at radius 3 is 2.66 bits per heavy atom. The minimum Gasteiger partial charge on any atom is -0.497 e. The first kappa shape index (κ1) is 23.1. The minimum absolute atomic E-state index is 0.184. The van der Waals surface area contributed by atoms with Gasteiger partial charge in [-0.05, 0) is 36.8 Å². The van der Waals surface area contributed by atoms with Crippen LogP contribution in [0, 0.1) is 0 Å². The first-order valence-corrected chi connectivity index (χ1v) is 11.9. The summed E-state index contributed by atoms with van der Waals surface area (Å²) in [7, 11) is 1.65. The molecule has 4 aromatic rings. The van der Waals surface area contributed by atoms with Crippen LogP contribution in [0.5, 0.6) is 5.75 Å². The fourth-order valence-corrected chi connectivity index (χ4v) is 4.86. The van der Waals surface area contributed by atoms with E-state index in [0.29, 0.717) is 41.4 Å². The molecule has 9 heteroatoms. The number of halogens is 1. The standard InChI is InChI=1S/C26H26ClN5O3/c1-3-31-23-12-13-30(15-17-8-10-18(35-2)11-9-17)16-20(23)26(34)32-25(31)19(14-28-32)24(33)29-22-7-5-4-6-21(22)27/h4-11,14H,3,12-13,15-16H2,1-2H3,(H,29,33). The Hall–Kier alpha value is -3.62. The van der Waals surface area contributed by atoms with Gasteiger partial charge in [0.2, 0.25) is 0 Å². The average Bonchev–Trinajstić information content (AvgIpc) is 3.32. The number of anilines is 1. The largest absolute Gasteiger partial charge is 0.497 e. The first-order chi connectivity index (χ1) is 17.0. The number of fused-ring (bicyclic) bond motifs is 2. The molecule has 8 nitrogen and oxygen atoms in total. The van der Waals surface area contributed by atoms with Gasteiger partial charge >= 0.3 is 0 Å². The molecule has 1 N–H and O–H groups in total. The maximum Gasteiger partial charge on any atom is 0.279 e. The number of aromatic nitrogens is 3. The number of methoxy groups -OCH3 is 1. The summed E-state index contributed by atoms with van der Waals surface area (Å²) in [6, 6.07) is 15.0. The molecular weight excluding hydrogens is 466 g/mol. The second kappa shape index (κ2) is 9.56. The quantitative estimate of drug-likeness (QED) is 0.441. The molecule has 2 aromatic carbocycles. The molecule has 35 heavy (non-hydrogen) atoms. The van der Waals surface area contributed by atoms with Crippen LogP contribution in [0.3, 0.4) is 0 Å². The molecule has 0 atom stereocenters. The number of carbonyl (C=O) groups is 1. The van der Waals surface area contributed by atoms with Crippen LogP contribution in [0.25, 0.3) is 5.65 Å². The van der Waals surface area contributed by atoms with Gasteiger partial charge in [-0.3, -0.25) is 14.5 Å². The molecule has 1 aliphatic heterocycles. The molecule has 180 valence electrons. The molecule has 3 heterocycles. The van der Waals surface area contributed by atoms with E-state index in [-0.39, 0.29) is 11.5 Å². The van der Waals surface area contributed by atoms with Crippen LogP contribution in [-0.2, 0) is 26.1 Å². The lowest BCUT2D eigenvalue weighted by Crippen LogP contribution is -2.38. The fourth-order valence-electron chi connectivity index (χ4n) is 4.68. The summed E-state index contributed by atoms with van der Waals surface area (Å²) in [5, 5.41) is 7.59. The molecular formula is C26H26ClN5O3. The molecule has 0 spiro atoms. The Morgan fingerprint density at radius 1 is 1.17 bits per heavy atom. The highest BCUT2D eigenvalue weighted by atomic mass is 35.5. The van der Waals surface area contributed by atoms with Gasteiger partial charge in [0.15, 0.2) is 5.65 Å². The molecule has 0 radical (unpaired) electrons. The van der Waals surface area contributed by atoms with E-state index >= 15 is 0 Å². The average molecular weight is 492 g/mol. The minimum atomic E-state index is -0.355. The van der Waals surface area contributed by atoms with Gasteiger partial charge in [0.05, 0.1) is 29.6 Å². The van der Waals surface area contributed by atoms with Gasteiger partial charge in [0.1, 0.15) is 11.3 Å². The number of benzene rings is 2. The number of nitrogens with zero attached hydrogens (tertiary/aromatic N) is 4. The van der Waals surface area contributed by atoms with E-state index in [2.05, 4.69) is 15.3 Å². The van der Waals surface area contributed by atoms with Gasteiger partial charge in [-0.2, -0.15) is 9.61 Å². The number of para-hydroxylation sites is 1. The highest BCUT2D eigenvalue weighted by Crippen LogP contribution is 2.25. The van der Waals surface area contributed by atoms with Gasteiger partial charge in [0.25, 0.3) is 11.5 Å². The van der Waals surface area contributed by atoms with Crippen molar-refractivity contribution < 1.29 is 9.53 Å². The van der Waals surface area contributed by atoms with Crippen LogP contribution in [0.2, 0.25) is 5.02 Å². The number of aryl methyl sites for hydroxylation is 1. The lowest BCUT2D eigenvalue weighted by Gasteiger charge is -2.30. The van der Waals surface area contributed by atoms with Crippen molar-refractivity contribution in [3.8, 4) is 5.75 Å². The number of hydrogen-bond donors (Lipinski definition) is 1. The van der Waals surface area contributed by atoms with Gasteiger partial charge < -0.3 is 14.6 Å². The summed E-state index contributed by atoms with van der Waals surface area (Å²) in [5.41, 5.74) is 4.01. The van der Waals surface area contributed by atoms with E-state index in [1.165, 1.54) is 10.7 Å². The Kier molecular flexibility index (Phi) is 6.32. The van der Waals surface area contributed by atoms with Crippen molar-refractivity contribution in [1.29, 1.82) is 0 Å². The van der Waals surface area contributed by atoms with E-state index in [4.69, 9.17) is 16.3 Å². The predicted octanol–water partition coefficient (Wildman–Crippen LogP) is 3.99. The van der Waals surface area contributed by atoms with Crippen molar-refractivity contribution in [3.63, 3.8) is 0 Å². The zero-order valence-corrected chi connectivity index (χ0v) is 20.4. The van der Waals surface area contributed by atoms with E-state index in [1.54, 1.807) is 31.4 Å². The second-order valence-corrected chi connectivity index (χ2v) is 8.92. The summed E-state index contributed by atoms with van der Waals surface area (Å²) >= 11 is 6.21. The van der Waals surface area contributed by atoms with Crippen molar-refractivity contribution in [2.75, 3.05) is 19.0 Å². The molecule has 0 aliphatic carbocycles. The Morgan fingerprint density at radius 2 is 1.94 bits per heavy atom. The molecule has 0 unspecified atom stereocenters. The SMILES string of the molecule is CCn1c2c(c(=O)n3ncc(C(=O)Nc4ccccc4Cl)c13)CN(Cc1ccc(OC)cc1)CC2. The van der Waals surface area contributed by atoms with Gasteiger partial charge in [-0.15, -0.1) is 0 Å². The second-order valence-electron chi connectivity index (χ2n) is 8.51. The van der Waals surface area contributed by atoms with Crippen molar-refractivity contribution in [2.24, 2.45) is 0 Å². The number of rotatable bonds is 6. The van der Waals surface area contributed by atoms with E-state index in [1.807, 2.05) is 35.8 Å². The number of hydrogen-bond acceptors (Lipinski definition) is 5. The molecule has 0 saturated carbocycles. The lowest BCUT2D eigenvalue weighted by atomic mass is 10.0. The molecule has 0 fully saturated rings. The third-order valence-electron chi connectivity index (χ3n) is 6.42. The lowest BCUT2D eigenvalue weighted by molar-refractivity contribution is 0.102. The number of carbonyl (C=O) groups excluding carboxylic acids is 1. The molecule has 0 bridgehead atoms. The molecule has 1 aliphatic rings. The van der Waals surface area contributed by atoms with E-state index < -0.39 is 0 Å². The number of amides is 1. The fraction of sp³-hybridized carbons (Fsp3) is 0.269. The molecule has 2 aromatic heterocycles. The van der Waals surface area contributed by atoms with Crippen molar-refractivity contribution >= 4 is 28.8 Å². The molecule has 5 rings (SSSR count). The summed E-state index contributed by atoms with van der Waals surface area (Å²) in [4.78, 5) is 28.9. The van der Waals surface area contributed by atoms with Crippen LogP contribution in [-0.4, -0.2) is 38.6 Å². The third kappa shape index (κ3) is 4.31. The normalized spacial score (nSPS) is 13.6. The first-order valence-electron chi connectivity index (χ1n) is 11.5. The van der Waals surface area contributed by atoms with Crippen molar-refractivity contribution in [1.82, 2.24) is 19.1 Å². The van der Waals surface area contributed by atoms with Crippen LogP contribution in [0.1, 0.15) is 34.1 Å². The zero-order chi connectivity index (χ0) is 24.5.